The first-order valence-electron chi connectivity index (χ1n) is 7.99. The molecule has 1 amide bonds. The van der Waals surface area contributed by atoms with Crippen molar-refractivity contribution in [2.45, 2.75) is 25.7 Å². The molecule has 0 aliphatic heterocycles. The molecule has 5 nitrogen and oxygen atoms in total. The lowest BCUT2D eigenvalue weighted by Crippen LogP contribution is -2.40. The maximum Gasteiger partial charge on any atom is 0.264 e. The Morgan fingerprint density at radius 3 is 2.00 bits per heavy atom. The molecule has 0 unspecified atom stereocenters. The first-order valence-corrected chi connectivity index (χ1v) is 9.44. The summed E-state index contributed by atoms with van der Waals surface area (Å²) >= 11 is 0. The van der Waals surface area contributed by atoms with Gasteiger partial charge in [-0.05, 0) is 44.5 Å². The highest BCUT2D eigenvalue weighted by atomic mass is 32.2. The zero-order valence-corrected chi connectivity index (χ0v) is 16.1. The Labute approximate surface area is 149 Å². The van der Waals surface area contributed by atoms with Gasteiger partial charge in [0.05, 0.1) is 10.6 Å². The summed E-state index contributed by atoms with van der Waals surface area (Å²) in [5.74, 6) is -0.282. The molecule has 0 fully saturated rings. The van der Waals surface area contributed by atoms with Crippen molar-refractivity contribution in [3.8, 4) is 0 Å². The van der Waals surface area contributed by atoms with Crippen molar-refractivity contribution < 1.29 is 13.2 Å². The molecular weight excluding hydrogens is 336 g/mol. The molecule has 0 spiro atoms. The van der Waals surface area contributed by atoms with Crippen LogP contribution in [0.3, 0.4) is 0 Å². The number of nitrogens with zero attached hydrogens (tertiary/aromatic N) is 2. The molecule has 0 saturated carbocycles. The summed E-state index contributed by atoms with van der Waals surface area (Å²) in [6.45, 7) is 5.45. The van der Waals surface area contributed by atoms with E-state index < -0.39 is 10.0 Å². The fourth-order valence-corrected chi connectivity index (χ4v) is 3.97. The van der Waals surface area contributed by atoms with Crippen LogP contribution >= 0.6 is 0 Å². The number of likely N-dealkylation sites (N-methyl/N-ethyl adjacent to an activating group) is 1. The summed E-state index contributed by atoms with van der Waals surface area (Å²) in [5, 5.41) is 0. The van der Waals surface area contributed by atoms with Gasteiger partial charge in [0.2, 0.25) is 5.91 Å². The molecule has 0 atom stereocenters. The number of anilines is 1. The molecule has 6 heteroatoms. The van der Waals surface area contributed by atoms with Gasteiger partial charge < -0.3 is 4.90 Å². The number of amides is 1. The van der Waals surface area contributed by atoms with Crippen LogP contribution in [-0.4, -0.2) is 39.9 Å². The summed E-state index contributed by atoms with van der Waals surface area (Å²) in [6, 6.07) is 12.1. The third-order valence-corrected chi connectivity index (χ3v) is 5.78. The number of sulfonamides is 1. The number of aryl methyl sites for hydroxylation is 3. The van der Waals surface area contributed by atoms with E-state index in [4.69, 9.17) is 0 Å². The highest BCUT2D eigenvalue weighted by Gasteiger charge is 2.28. The first-order chi connectivity index (χ1) is 11.6. The van der Waals surface area contributed by atoms with E-state index in [1.54, 1.807) is 44.4 Å². The van der Waals surface area contributed by atoms with E-state index in [0.717, 1.165) is 16.7 Å². The third-order valence-electron chi connectivity index (χ3n) is 4.01. The van der Waals surface area contributed by atoms with E-state index in [9.17, 15) is 13.2 Å². The minimum absolute atomic E-state index is 0.171. The second-order valence-electron chi connectivity index (χ2n) is 6.40. The van der Waals surface area contributed by atoms with E-state index in [1.165, 1.54) is 9.21 Å². The van der Waals surface area contributed by atoms with Gasteiger partial charge in [-0.1, -0.05) is 35.4 Å². The van der Waals surface area contributed by atoms with Crippen molar-refractivity contribution in [3.05, 3.63) is 59.2 Å². The van der Waals surface area contributed by atoms with Gasteiger partial charge in [0, 0.05) is 14.1 Å². The lowest BCUT2D eigenvalue weighted by atomic mass is 10.1. The molecule has 0 aromatic heterocycles. The molecule has 0 bridgehead atoms. The average molecular weight is 360 g/mol. The standard InChI is InChI=1S/C19H24N2O3S/c1-14-6-9-17(10-7-14)25(23,24)21(13-19(22)20(4)5)18-11-8-15(2)12-16(18)3/h6-12H,13H2,1-5H3. The third kappa shape index (κ3) is 4.20. The van der Waals surface area contributed by atoms with Gasteiger partial charge in [-0.3, -0.25) is 9.10 Å². The maximum absolute atomic E-state index is 13.2. The lowest BCUT2D eigenvalue weighted by molar-refractivity contribution is -0.127. The number of carbonyl (C=O) groups excluding carboxylic acids is 1. The van der Waals surface area contributed by atoms with Crippen molar-refractivity contribution in [1.82, 2.24) is 4.90 Å². The molecule has 2 aromatic carbocycles. The minimum Gasteiger partial charge on any atom is -0.347 e. The summed E-state index contributed by atoms with van der Waals surface area (Å²) in [6.07, 6.45) is 0. The van der Waals surface area contributed by atoms with Crippen LogP contribution < -0.4 is 4.31 Å². The molecule has 0 N–H and O–H groups in total. The SMILES string of the molecule is Cc1ccc(S(=O)(=O)N(CC(=O)N(C)C)c2ccc(C)cc2C)cc1. The zero-order chi connectivity index (χ0) is 18.8. The van der Waals surface area contributed by atoms with E-state index in [1.807, 2.05) is 32.9 Å². The van der Waals surface area contributed by atoms with E-state index in [0.29, 0.717) is 5.69 Å². The van der Waals surface area contributed by atoms with Crippen LogP contribution in [0.15, 0.2) is 47.4 Å². The van der Waals surface area contributed by atoms with Crippen molar-refractivity contribution in [2.75, 3.05) is 24.9 Å². The lowest BCUT2D eigenvalue weighted by Gasteiger charge is -2.27. The smallest absolute Gasteiger partial charge is 0.264 e. The van der Waals surface area contributed by atoms with Crippen LogP contribution in [0.5, 0.6) is 0 Å². The number of benzene rings is 2. The van der Waals surface area contributed by atoms with Crippen molar-refractivity contribution in [2.24, 2.45) is 0 Å². The highest BCUT2D eigenvalue weighted by Crippen LogP contribution is 2.27. The molecule has 2 aromatic rings. The largest absolute Gasteiger partial charge is 0.347 e. The van der Waals surface area contributed by atoms with Crippen LogP contribution in [-0.2, 0) is 14.8 Å². The molecule has 0 heterocycles. The molecule has 25 heavy (non-hydrogen) atoms. The van der Waals surface area contributed by atoms with Gasteiger partial charge in [-0.25, -0.2) is 8.42 Å². The van der Waals surface area contributed by atoms with Gasteiger partial charge in [0.1, 0.15) is 6.54 Å². The van der Waals surface area contributed by atoms with Crippen LogP contribution in [0.4, 0.5) is 5.69 Å². The summed E-state index contributed by atoms with van der Waals surface area (Å²) in [4.78, 5) is 13.8. The van der Waals surface area contributed by atoms with Crippen LogP contribution in [0.1, 0.15) is 16.7 Å². The van der Waals surface area contributed by atoms with E-state index in [-0.39, 0.29) is 17.3 Å². The molecule has 0 aliphatic carbocycles. The Morgan fingerprint density at radius 2 is 1.48 bits per heavy atom. The average Bonchev–Trinajstić information content (AvgIpc) is 2.53. The van der Waals surface area contributed by atoms with Crippen molar-refractivity contribution in [1.29, 1.82) is 0 Å². The van der Waals surface area contributed by atoms with Gasteiger partial charge in [0.25, 0.3) is 10.0 Å². The van der Waals surface area contributed by atoms with Crippen molar-refractivity contribution in [3.63, 3.8) is 0 Å². The summed E-state index contributed by atoms with van der Waals surface area (Å²) in [5.41, 5.74) is 3.33. The highest BCUT2D eigenvalue weighted by molar-refractivity contribution is 7.92. The Morgan fingerprint density at radius 1 is 0.920 bits per heavy atom. The number of carbonyl (C=O) groups is 1. The van der Waals surface area contributed by atoms with Gasteiger partial charge in [0.15, 0.2) is 0 Å². The Balaban J connectivity index is 2.57. The number of hydrogen-bond donors (Lipinski definition) is 0. The normalized spacial score (nSPS) is 11.2. The predicted molar refractivity (Wildman–Crippen MR) is 100 cm³/mol. The summed E-state index contributed by atoms with van der Waals surface area (Å²) in [7, 11) is -0.625. The predicted octanol–water partition coefficient (Wildman–Crippen LogP) is 2.90. The van der Waals surface area contributed by atoms with E-state index in [2.05, 4.69) is 0 Å². The van der Waals surface area contributed by atoms with Gasteiger partial charge in [-0.2, -0.15) is 0 Å². The minimum atomic E-state index is -3.85. The molecule has 134 valence electrons. The summed E-state index contributed by atoms with van der Waals surface area (Å²) < 4.78 is 27.6. The number of hydrogen-bond acceptors (Lipinski definition) is 3. The fraction of sp³-hybridized carbons (Fsp3) is 0.316. The second-order valence-corrected chi connectivity index (χ2v) is 8.27. The van der Waals surface area contributed by atoms with Crippen LogP contribution in [0, 0.1) is 20.8 Å². The van der Waals surface area contributed by atoms with Gasteiger partial charge in [-0.15, -0.1) is 0 Å². The van der Waals surface area contributed by atoms with Crippen LogP contribution in [0.2, 0.25) is 0 Å². The zero-order valence-electron chi connectivity index (χ0n) is 15.3. The molecule has 2 rings (SSSR count). The Kier molecular flexibility index (Phi) is 5.52. The fourth-order valence-electron chi connectivity index (χ4n) is 2.49. The van der Waals surface area contributed by atoms with Crippen molar-refractivity contribution >= 4 is 21.6 Å². The molecule has 0 aliphatic rings. The monoisotopic (exact) mass is 360 g/mol. The molecule has 0 radical (unpaired) electrons. The Bertz CT molecular complexity index is 872. The number of rotatable bonds is 5. The topological polar surface area (TPSA) is 57.7 Å². The Hall–Kier alpha value is -2.34. The first kappa shape index (κ1) is 19.0. The van der Waals surface area contributed by atoms with E-state index >= 15 is 0 Å². The van der Waals surface area contributed by atoms with Crippen LogP contribution in [0.25, 0.3) is 0 Å². The van der Waals surface area contributed by atoms with Gasteiger partial charge >= 0.3 is 0 Å². The molecular formula is C19H24N2O3S. The quantitative estimate of drug-likeness (QED) is 0.824. The maximum atomic E-state index is 13.2. The molecule has 0 saturated heterocycles. The second kappa shape index (κ2) is 7.27.